The first-order valence-electron chi connectivity index (χ1n) is 6.38. The third-order valence-corrected chi connectivity index (χ3v) is 4.37. The molecule has 1 heterocycles. The van der Waals surface area contributed by atoms with E-state index in [9.17, 15) is 0 Å². The summed E-state index contributed by atoms with van der Waals surface area (Å²) in [5.74, 6) is 0.300. The van der Waals surface area contributed by atoms with Gasteiger partial charge in [-0.05, 0) is 31.5 Å². The SMILES string of the molecule is CC(C)(CCCCNCc1ccc(Cl)s1)/C(N)=N/O. The van der Waals surface area contributed by atoms with E-state index in [1.54, 1.807) is 11.3 Å². The number of oxime groups is 1. The van der Waals surface area contributed by atoms with Crippen LogP contribution < -0.4 is 11.1 Å². The standard InChI is InChI=1S/C13H22ClN3OS/c1-13(2,12(15)17-18)7-3-4-8-16-9-10-5-6-11(14)19-10/h5-6,16,18H,3-4,7-9H2,1-2H3,(H2,15,17). The minimum absolute atomic E-state index is 0.240. The van der Waals surface area contributed by atoms with Gasteiger partial charge in [0.1, 0.15) is 5.84 Å². The molecule has 108 valence electrons. The minimum atomic E-state index is -0.240. The van der Waals surface area contributed by atoms with Crippen molar-refractivity contribution in [3.05, 3.63) is 21.3 Å². The van der Waals surface area contributed by atoms with Crippen LogP contribution in [0, 0.1) is 5.41 Å². The van der Waals surface area contributed by atoms with Crippen molar-refractivity contribution in [3.8, 4) is 0 Å². The molecule has 4 nitrogen and oxygen atoms in total. The lowest BCUT2D eigenvalue weighted by molar-refractivity contribution is 0.304. The van der Waals surface area contributed by atoms with E-state index in [0.717, 1.165) is 36.7 Å². The summed E-state index contributed by atoms with van der Waals surface area (Å²) < 4.78 is 0.831. The molecule has 19 heavy (non-hydrogen) atoms. The monoisotopic (exact) mass is 303 g/mol. The number of nitrogens with zero attached hydrogens (tertiary/aromatic N) is 1. The topological polar surface area (TPSA) is 70.6 Å². The Morgan fingerprint density at radius 1 is 1.47 bits per heavy atom. The molecule has 0 saturated carbocycles. The molecule has 1 aromatic rings. The lowest BCUT2D eigenvalue weighted by Gasteiger charge is -2.22. The van der Waals surface area contributed by atoms with E-state index in [1.165, 1.54) is 4.88 Å². The fourth-order valence-electron chi connectivity index (χ4n) is 1.74. The minimum Gasteiger partial charge on any atom is -0.409 e. The van der Waals surface area contributed by atoms with Crippen LogP contribution in [-0.4, -0.2) is 17.6 Å². The van der Waals surface area contributed by atoms with Crippen LogP contribution >= 0.6 is 22.9 Å². The van der Waals surface area contributed by atoms with E-state index in [0.29, 0.717) is 5.84 Å². The number of unbranched alkanes of at least 4 members (excludes halogenated alkanes) is 1. The fourth-order valence-corrected chi connectivity index (χ4v) is 2.80. The van der Waals surface area contributed by atoms with Crippen molar-refractivity contribution < 1.29 is 5.21 Å². The number of nitrogens with two attached hydrogens (primary N) is 1. The zero-order chi connectivity index (χ0) is 14.3. The molecule has 4 N–H and O–H groups in total. The van der Waals surface area contributed by atoms with Crippen LogP contribution in [0.5, 0.6) is 0 Å². The second-order valence-corrected chi connectivity index (χ2v) is 7.01. The molecule has 0 spiro atoms. The molecule has 0 aromatic carbocycles. The third kappa shape index (κ3) is 5.80. The molecule has 0 bridgehead atoms. The fraction of sp³-hybridized carbons (Fsp3) is 0.615. The normalized spacial score (nSPS) is 12.9. The van der Waals surface area contributed by atoms with Crippen molar-refractivity contribution in [2.75, 3.05) is 6.54 Å². The number of halogens is 1. The summed E-state index contributed by atoms with van der Waals surface area (Å²) in [4.78, 5) is 1.25. The highest BCUT2D eigenvalue weighted by atomic mass is 35.5. The van der Waals surface area contributed by atoms with E-state index in [2.05, 4.69) is 10.5 Å². The summed E-state index contributed by atoms with van der Waals surface area (Å²) in [6, 6.07) is 3.96. The van der Waals surface area contributed by atoms with Crippen molar-refractivity contribution in [1.82, 2.24) is 5.32 Å². The van der Waals surface area contributed by atoms with Gasteiger partial charge >= 0.3 is 0 Å². The van der Waals surface area contributed by atoms with Gasteiger partial charge in [-0.1, -0.05) is 37.0 Å². The van der Waals surface area contributed by atoms with E-state index < -0.39 is 0 Å². The van der Waals surface area contributed by atoms with Crippen LogP contribution in [0.1, 0.15) is 38.0 Å². The molecule has 0 radical (unpaired) electrons. The van der Waals surface area contributed by atoms with Crippen molar-refractivity contribution in [2.45, 2.75) is 39.7 Å². The first kappa shape index (κ1) is 16.3. The Hall–Kier alpha value is -0.780. The van der Waals surface area contributed by atoms with Crippen LogP contribution in [0.3, 0.4) is 0 Å². The van der Waals surface area contributed by atoms with Gasteiger partial charge in [0.15, 0.2) is 0 Å². The molecule has 6 heteroatoms. The van der Waals surface area contributed by atoms with Gasteiger partial charge in [0.2, 0.25) is 0 Å². The Morgan fingerprint density at radius 3 is 2.79 bits per heavy atom. The number of rotatable bonds is 8. The van der Waals surface area contributed by atoms with Gasteiger partial charge in [0.25, 0.3) is 0 Å². The van der Waals surface area contributed by atoms with E-state index in [4.69, 9.17) is 22.5 Å². The summed E-state index contributed by atoms with van der Waals surface area (Å²) >= 11 is 7.47. The molecule has 0 saturated heterocycles. The lowest BCUT2D eigenvalue weighted by atomic mass is 9.86. The van der Waals surface area contributed by atoms with Crippen LogP contribution in [0.2, 0.25) is 4.34 Å². The maximum atomic E-state index is 8.68. The van der Waals surface area contributed by atoms with Gasteiger partial charge < -0.3 is 16.3 Å². The van der Waals surface area contributed by atoms with Crippen molar-refractivity contribution in [2.24, 2.45) is 16.3 Å². The predicted molar refractivity (Wildman–Crippen MR) is 82.1 cm³/mol. The molecule has 0 fully saturated rings. The largest absolute Gasteiger partial charge is 0.409 e. The second kappa shape index (κ2) is 7.72. The van der Waals surface area contributed by atoms with E-state index in [-0.39, 0.29) is 5.41 Å². The van der Waals surface area contributed by atoms with Crippen LogP contribution in [0.25, 0.3) is 0 Å². The summed E-state index contributed by atoms with van der Waals surface area (Å²) in [6.07, 6.45) is 3.03. The molecule has 0 aliphatic rings. The quantitative estimate of drug-likeness (QED) is 0.226. The number of hydrogen-bond donors (Lipinski definition) is 3. The number of thiophene rings is 1. The first-order valence-corrected chi connectivity index (χ1v) is 7.58. The third-order valence-electron chi connectivity index (χ3n) is 3.13. The number of hydrogen-bond acceptors (Lipinski definition) is 4. The molecule has 0 amide bonds. The summed E-state index contributed by atoms with van der Waals surface area (Å²) in [6.45, 7) is 5.80. The van der Waals surface area contributed by atoms with Gasteiger partial charge in [-0.2, -0.15) is 0 Å². The predicted octanol–water partition coefficient (Wildman–Crippen LogP) is 3.43. The second-order valence-electron chi connectivity index (χ2n) is 5.21. The van der Waals surface area contributed by atoms with Crippen molar-refractivity contribution >= 4 is 28.8 Å². The molecular formula is C13H22ClN3OS. The van der Waals surface area contributed by atoms with Crippen LogP contribution in [-0.2, 0) is 6.54 Å². The summed E-state index contributed by atoms with van der Waals surface area (Å²) in [7, 11) is 0. The Labute approximate surface area is 123 Å². The molecule has 0 atom stereocenters. The number of nitrogens with one attached hydrogen (secondary N) is 1. The Kier molecular flexibility index (Phi) is 6.62. The number of amidine groups is 1. The first-order chi connectivity index (χ1) is 8.95. The highest BCUT2D eigenvalue weighted by Crippen LogP contribution is 2.23. The maximum Gasteiger partial charge on any atom is 0.144 e. The maximum absolute atomic E-state index is 8.68. The molecule has 0 aliphatic carbocycles. The van der Waals surface area contributed by atoms with E-state index >= 15 is 0 Å². The molecular weight excluding hydrogens is 282 g/mol. The van der Waals surface area contributed by atoms with Gasteiger partial charge in [0.05, 0.1) is 4.34 Å². The summed E-state index contributed by atoms with van der Waals surface area (Å²) in [5, 5.41) is 15.2. The smallest absolute Gasteiger partial charge is 0.144 e. The zero-order valence-electron chi connectivity index (χ0n) is 11.4. The average Bonchev–Trinajstić information content (AvgIpc) is 2.78. The zero-order valence-corrected chi connectivity index (χ0v) is 13.0. The summed E-state index contributed by atoms with van der Waals surface area (Å²) in [5.41, 5.74) is 5.40. The van der Waals surface area contributed by atoms with Crippen molar-refractivity contribution in [1.29, 1.82) is 0 Å². The van der Waals surface area contributed by atoms with Crippen LogP contribution in [0.15, 0.2) is 17.3 Å². The van der Waals surface area contributed by atoms with Gasteiger partial charge in [-0.25, -0.2) is 0 Å². The molecule has 0 unspecified atom stereocenters. The van der Waals surface area contributed by atoms with Crippen LogP contribution in [0.4, 0.5) is 0 Å². The highest BCUT2D eigenvalue weighted by Gasteiger charge is 2.22. The molecule has 1 aromatic heterocycles. The molecule has 1 rings (SSSR count). The van der Waals surface area contributed by atoms with E-state index in [1.807, 2.05) is 26.0 Å². The van der Waals surface area contributed by atoms with Crippen molar-refractivity contribution in [3.63, 3.8) is 0 Å². The van der Waals surface area contributed by atoms with Gasteiger partial charge in [0, 0.05) is 16.8 Å². The Bertz CT molecular complexity index is 418. The Morgan fingerprint density at radius 2 is 2.21 bits per heavy atom. The van der Waals surface area contributed by atoms with Gasteiger partial charge in [-0.3, -0.25) is 0 Å². The highest BCUT2D eigenvalue weighted by molar-refractivity contribution is 7.16. The van der Waals surface area contributed by atoms with Gasteiger partial charge in [-0.15, -0.1) is 11.3 Å². The molecule has 0 aliphatic heterocycles. The Balaban J connectivity index is 2.11. The lowest BCUT2D eigenvalue weighted by Crippen LogP contribution is -2.32. The average molecular weight is 304 g/mol.